The molecule has 0 aromatic heterocycles. The van der Waals surface area contributed by atoms with Gasteiger partial charge < -0.3 is 10.2 Å². The Hall–Kier alpha value is -2.88. The quantitative estimate of drug-likeness (QED) is 0.832. The zero-order valence-corrected chi connectivity index (χ0v) is 14.3. The number of urea groups is 1. The Bertz CT molecular complexity index is 779. The zero-order chi connectivity index (χ0) is 18.1. The summed E-state index contributed by atoms with van der Waals surface area (Å²) >= 11 is 0. The molecule has 25 heavy (non-hydrogen) atoms. The van der Waals surface area contributed by atoms with Crippen molar-refractivity contribution in [1.82, 2.24) is 9.80 Å². The summed E-state index contributed by atoms with van der Waals surface area (Å²) in [5.74, 6) is -0.401. The molecule has 0 radical (unpaired) electrons. The average molecular weight is 340 g/mol. The van der Waals surface area contributed by atoms with E-state index >= 15 is 0 Å². The predicted molar refractivity (Wildman–Crippen MR) is 91.0 cm³/mol. The van der Waals surface area contributed by atoms with Gasteiger partial charge in [-0.2, -0.15) is 5.26 Å². The lowest BCUT2D eigenvalue weighted by molar-refractivity contribution is 0.0647. The summed E-state index contributed by atoms with van der Waals surface area (Å²) in [5.41, 5.74) is 1.17. The molecular formula is C18H20N4O3. The second-order valence-electron chi connectivity index (χ2n) is 6.77. The third kappa shape index (κ3) is 3.48. The van der Waals surface area contributed by atoms with Crippen LogP contribution in [0.3, 0.4) is 0 Å². The minimum atomic E-state index is -0.367. The van der Waals surface area contributed by atoms with Crippen molar-refractivity contribution in [3.63, 3.8) is 0 Å². The lowest BCUT2D eigenvalue weighted by atomic mass is 10.1. The van der Waals surface area contributed by atoms with Crippen LogP contribution in [0.25, 0.3) is 0 Å². The lowest BCUT2D eigenvalue weighted by Gasteiger charge is -2.19. The molecule has 2 aliphatic rings. The van der Waals surface area contributed by atoms with Gasteiger partial charge in [-0.25, -0.2) is 4.79 Å². The number of carbonyl (C=O) groups excluding carboxylic acids is 3. The fourth-order valence-electron chi connectivity index (χ4n) is 2.85. The summed E-state index contributed by atoms with van der Waals surface area (Å²) in [6.07, 6.45) is 2.12. The first-order chi connectivity index (χ1) is 11.9. The molecular weight excluding hydrogens is 320 g/mol. The third-order valence-electron chi connectivity index (χ3n) is 4.47. The first-order valence-corrected chi connectivity index (χ1v) is 8.32. The second kappa shape index (κ2) is 6.55. The maximum absolute atomic E-state index is 12.5. The summed E-state index contributed by atoms with van der Waals surface area (Å²) in [5, 5.41) is 11.5. The van der Waals surface area contributed by atoms with Crippen molar-refractivity contribution in [1.29, 1.82) is 5.26 Å². The summed E-state index contributed by atoms with van der Waals surface area (Å²) < 4.78 is 0. The molecule has 1 unspecified atom stereocenters. The highest BCUT2D eigenvalue weighted by atomic mass is 16.2. The fourth-order valence-corrected chi connectivity index (χ4v) is 2.85. The Morgan fingerprint density at radius 2 is 2.04 bits per heavy atom. The highest BCUT2D eigenvalue weighted by Crippen LogP contribution is 2.33. The number of hydrogen-bond acceptors (Lipinski definition) is 4. The van der Waals surface area contributed by atoms with Crippen LogP contribution in [-0.2, 0) is 0 Å². The molecule has 7 nitrogen and oxygen atoms in total. The minimum Gasteiger partial charge on any atom is -0.326 e. The van der Waals surface area contributed by atoms with E-state index in [9.17, 15) is 14.4 Å². The van der Waals surface area contributed by atoms with E-state index < -0.39 is 0 Å². The molecule has 1 atom stereocenters. The smallest absolute Gasteiger partial charge is 0.321 e. The number of benzene rings is 1. The molecule has 1 fully saturated rings. The molecule has 0 spiro atoms. The summed E-state index contributed by atoms with van der Waals surface area (Å²) in [4.78, 5) is 39.7. The van der Waals surface area contributed by atoms with Gasteiger partial charge in [0, 0.05) is 25.8 Å². The van der Waals surface area contributed by atoms with Crippen molar-refractivity contribution in [2.45, 2.75) is 19.8 Å². The molecule has 0 saturated heterocycles. The molecule has 1 aliphatic carbocycles. The zero-order valence-electron chi connectivity index (χ0n) is 14.3. The van der Waals surface area contributed by atoms with Crippen LogP contribution in [0.2, 0.25) is 0 Å². The van der Waals surface area contributed by atoms with Gasteiger partial charge in [0.1, 0.15) is 0 Å². The van der Waals surface area contributed by atoms with Crippen LogP contribution in [0.4, 0.5) is 10.5 Å². The van der Waals surface area contributed by atoms with Crippen molar-refractivity contribution in [3.8, 4) is 6.07 Å². The largest absolute Gasteiger partial charge is 0.326 e. The first-order valence-electron chi connectivity index (χ1n) is 8.32. The maximum Gasteiger partial charge on any atom is 0.321 e. The number of carbonyl (C=O) groups is 3. The fraction of sp³-hybridized carbons (Fsp3) is 0.444. The molecule has 1 aromatic rings. The normalized spacial score (nSPS) is 17.1. The second-order valence-corrected chi connectivity index (χ2v) is 6.77. The molecule has 4 amide bonds. The van der Waals surface area contributed by atoms with Crippen molar-refractivity contribution in [3.05, 3.63) is 29.3 Å². The summed E-state index contributed by atoms with van der Waals surface area (Å²) in [6, 6.07) is 6.45. The van der Waals surface area contributed by atoms with Gasteiger partial charge in [0.05, 0.1) is 23.1 Å². The number of fused-ring (bicyclic) bond motifs is 1. The number of hydrogen-bond donors (Lipinski definition) is 1. The van der Waals surface area contributed by atoms with Crippen molar-refractivity contribution < 1.29 is 14.4 Å². The molecule has 1 aromatic carbocycles. The third-order valence-corrected chi connectivity index (χ3v) is 4.47. The Kier molecular flexibility index (Phi) is 4.45. The van der Waals surface area contributed by atoms with Gasteiger partial charge >= 0.3 is 6.03 Å². The van der Waals surface area contributed by atoms with Crippen LogP contribution in [0, 0.1) is 23.2 Å². The molecule has 1 aliphatic heterocycles. The van der Waals surface area contributed by atoms with Crippen LogP contribution in [-0.4, -0.2) is 47.8 Å². The van der Waals surface area contributed by atoms with E-state index in [4.69, 9.17) is 5.26 Å². The van der Waals surface area contributed by atoms with E-state index in [1.165, 1.54) is 9.80 Å². The molecule has 7 heteroatoms. The molecule has 0 bridgehead atoms. The SMILES string of the molecule is CC(C#N)CN(C)C(=O)Nc1ccc2c(c1)C(=O)N(CC1CC1)C2=O. The van der Waals surface area contributed by atoms with Crippen molar-refractivity contribution >= 4 is 23.5 Å². The van der Waals surface area contributed by atoms with Gasteiger partial charge in [0.15, 0.2) is 0 Å². The number of nitrogens with one attached hydrogen (secondary N) is 1. The first kappa shape index (κ1) is 17.0. The Balaban J connectivity index is 1.71. The van der Waals surface area contributed by atoms with Gasteiger partial charge in [0.2, 0.25) is 0 Å². The average Bonchev–Trinajstić information content (AvgIpc) is 3.38. The highest BCUT2D eigenvalue weighted by molar-refractivity contribution is 6.21. The Morgan fingerprint density at radius 3 is 2.68 bits per heavy atom. The number of nitriles is 1. The number of rotatable bonds is 5. The van der Waals surface area contributed by atoms with Gasteiger partial charge in [0.25, 0.3) is 11.8 Å². The molecule has 1 N–H and O–H groups in total. The van der Waals surface area contributed by atoms with Crippen LogP contribution in [0.5, 0.6) is 0 Å². The van der Waals surface area contributed by atoms with Gasteiger partial charge in [-0.15, -0.1) is 0 Å². The van der Waals surface area contributed by atoms with E-state index in [2.05, 4.69) is 11.4 Å². The van der Waals surface area contributed by atoms with Crippen LogP contribution < -0.4 is 5.32 Å². The predicted octanol–water partition coefficient (Wildman–Crippen LogP) is 2.32. The molecule has 1 saturated carbocycles. The molecule has 130 valence electrons. The summed E-state index contributed by atoms with van der Waals surface area (Å²) in [6.45, 7) is 2.51. The van der Waals surface area contributed by atoms with Crippen molar-refractivity contribution in [2.75, 3.05) is 25.5 Å². The van der Waals surface area contributed by atoms with E-state index in [0.29, 0.717) is 35.8 Å². The van der Waals surface area contributed by atoms with Crippen molar-refractivity contribution in [2.24, 2.45) is 11.8 Å². The van der Waals surface area contributed by atoms with Crippen LogP contribution in [0.1, 0.15) is 40.5 Å². The van der Waals surface area contributed by atoms with E-state index in [0.717, 1.165) is 12.8 Å². The monoisotopic (exact) mass is 340 g/mol. The highest BCUT2D eigenvalue weighted by Gasteiger charge is 2.38. The van der Waals surface area contributed by atoms with Gasteiger partial charge in [-0.3, -0.25) is 14.5 Å². The Labute approximate surface area is 146 Å². The number of nitrogens with zero attached hydrogens (tertiary/aromatic N) is 3. The van der Waals surface area contributed by atoms with E-state index in [1.54, 1.807) is 32.2 Å². The standard InChI is InChI=1S/C18H20N4O3/c1-11(8-19)9-21(2)18(25)20-13-5-6-14-15(7-13)17(24)22(16(14)23)10-12-3-4-12/h5-7,11-12H,3-4,9-10H2,1-2H3,(H,20,25). The van der Waals surface area contributed by atoms with E-state index in [1.807, 2.05) is 0 Å². The van der Waals surface area contributed by atoms with Crippen LogP contribution >= 0.6 is 0 Å². The summed E-state index contributed by atoms with van der Waals surface area (Å²) in [7, 11) is 1.60. The van der Waals surface area contributed by atoms with Gasteiger partial charge in [-0.1, -0.05) is 0 Å². The minimum absolute atomic E-state index is 0.260. The van der Waals surface area contributed by atoms with E-state index in [-0.39, 0.29) is 23.8 Å². The number of imide groups is 1. The Morgan fingerprint density at radius 1 is 1.36 bits per heavy atom. The molecule has 3 rings (SSSR count). The van der Waals surface area contributed by atoms with Gasteiger partial charge in [-0.05, 0) is 43.9 Å². The number of amides is 4. The van der Waals surface area contributed by atoms with Crippen LogP contribution in [0.15, 0.2) is 18.2 Å². The topological polar surface area (TPSA) is 93.5 Å². The number of anilines is 1. The molecule has 1 heterocycles. The maximum atomic E-state index is 12.5. The lowest BCUT2D eigenvalue weighted by Crippen LogP contribution is -2.34.